The van der Waals surface area contributed by atoms with Gasteiger partial charge >= 0.3 is 0 Å². The number of benzene rings is 1. The van der Waals surface area contributed by atoms with E-state index in [1.54, 1.807) is 64.9 Å². The Bertz CT molecular complexity index is 1160. The highest BCUT2D eigenvalue weighted by Crippen LogP contribution is 2.27. The maximum absolute atomic E-state index is 14.4. The van der Waals surface area contributed by atoms with E-state index in [4.69, 9.17) is 0 Å². The smallest absolute Gasteiger partial charge is 0.258 e. The summed E-state index contributed by atoms with van der Waals surface area (Å²) in [4.78, 5) is 40.8. The lowest BCUT2D eigenvalue weighted by Gasteiger charge is -2.30. The number of carbonyl (C=O) groups excluding carboxylic acids is 2. The van der Waals surface area contributed by atoms with Crippen molar-refractivity contribution in [2.45, 2.75) is 32.9 Å². The average Bonchev–Trinajstić information content (AvgIpc) is 2.91. The standard InChI is InChI=1S/C27H30FN5O2/c1-20(2)31-13-4-14-33(27(35)21-8-11-29-12-9-21)25-7-6-24(28)17-23(25)19-32(16-15-31)26(34)22-5-3-10-30-18-22/h3,5-12,17-18,20H,4,13-16,19H2,1-2H3. The van der Waals surface area contributed by atoms with Crippen LogP contribution in [0.5, 0.6) is 0 Å². The van der Waals surface area contributed by atoms with E-state index >= 15 is 0 Å². The van der Waals surface area contributed by atoms with Crippen LogP contribution in [0.25, 0.3) is 0 Å². The lowest BCUT2D eigenvalue weighted by molar-refractivity contribution is 0.0711. The van der Waals surface area contributed by atoms with E-state index in [1.165, 1.54) is 12.1 Å². The zero-order valence-electron chi connectivity index (χ0n) is 20.1. The molecule has 2 aromatic heterocycles. The molecule has 8 heteroatoms. The third-order valence-electron chi connectivity index (χ3n) is 6.28. The predicted molar refractivity (Wildman–Crippen MR) is 133 cm³/mol. The third-order valence-corrected chi connectivity index (χ3v) is 6.28. The van der Waals surface area contributed by atoms with Gasteiger partial charge in [0.25, 0.3) is 11.8 Å². The maximum atomic E-state index is 14.4. The van der Waals surface area contributed by atoms with Gasteiger partial charge in [-0.2, -0.15) is 0 Å². The van der Waals surface area contributed by atoms with E-state index in [0.717, 1.165) is 13.0 Å². The summed E-state index contributed by atoms with van der Waals surface area (Å²) in [5.41, 5.74) is 2.17. The molecule has 1 aliphatic heterocycles. The molecular weight excluding hydrogens is 445 g/mol. The van der Waals surface area contributed by atoms with Crippen molar-refractivity contribution in [2.75, 3.05) is 31.1 Å². The molecule has 0 saturated carbocycles. The Labute approximate surface area is 205 Å². The number of nitrogens with zero attached hydrogens (tertiary/aromatic N) is 5. The summed E-state index contributed by atoms with van der Waals surface area (Å²) >= 11 is 0. The van der Waals surface area contributed by atoms with Crippen LogP contribution < -0.4 is 4.90 Å². The number of anilines is 1. The van der Waals surface area contributed by atoms with Crippen molar-refractivity contribution < 1.29 is 14.0 Å². The Hall–Kier alpha value is -3.65. The molecule has 182 valence electrons. The van der Waals surface area contributed by atoms with Crippen molar-refractivity contribution in [1.82, 2.24) is 19.8 Å². The van der Waals surface area contributed by atoms with Crippen LogP contribution in [0.3, 0.4) is 0 Å². The molecule has 7 nitrogen and oxygen atoms in total. The van der Waals surface area contributed by atoms with Crippen LogP contribution in [-0.2, 0) is 6.54 Å². The number of pyridine rings is 2. The van der Waals surface area contributed by atoms with Crippen LogP contribution in [0.15, 0.2) is 67.3 Å². The minimum absolute atomic E-state index is 0.173. The second kappa shape index (κ2) is 11.2. The molecular formula is C27H30FN5O2. The summed E-state index contributed by atoms with van der Waals surface area (Å²) in [5.74, 6) is -0.767. The van der Waals surface area contributed by atoms with Crippen molar-refractivity contribution >= 4 is 17.5 Å². The normalized spacial score (nSPS) is 15.4. The fraction of sp³-hybridized carbons (Fsp3) is 0.333. The Morgan fingerprint density at radius 3 is 2.40 bits per heavy atom. The Balaban J connectivity index is 1.76. The predicted octanol–water partition coefficient (Wildman–Crippen LogP) is 4.02. The quantitative estimate of drug-likeness (QED) is 0.572. The molecule has 3 heterocycles. The van der Waals surface area contributed by atoms with E-state index in [9.17, 15) is 14.0 Å². The second-order valence-electron chi connectivity index (χ2n) is 8.92. The summed E-state index contributed by atoms with van der Waals surface area (Å²) in [6, 6.07) is 11.5. The van der Waals surface area contributed by atoms with Gasteiger partial charge < -0.3 is 9.80 Å². The van der Waals surface area contributed by atoms with Crippen LogP contribution in [0.4, 0.5) is 10.1 Å². The summed E-state index contributed by atoms with van der Waals surface area (Å²) in [6.45, 7) is 6.80. The van der Waals surface area contributed by atoms with Crippen molar-refractivity contribution in [3.05, 3.63) is 89.8 Å². The summed E-state index contributed by atoms with van der Waals surface area (Å²) in [7, 11) is 0. The Morgan fingerprint density at radius 1 is 0.886 bits per heavy atom. The molecule has 3 aromatic rings. The van der Waals surface area contributed by atoms with Crippen LogP contribution in [-0.4, -0.2) is 63.8 Å². The summed E-state index contributed by atoms with van der Waals surface area (Å²) in [5, 5.41) is 0. The highest BCUT2D eigenvalue weighted by atomic mass is 19.1. The van der Waals surface area contributed by atoms with E-state index < -0.39 is 5.82 Å². The number of amides is 2. The number of halogens is 1. The van der Waals surface area contributed by atoms with E-state index in [-0.39, 0.29) is 24.4 Å². The van der Waals surface area contributed by atoms with Gasteiger partial charge in [0.05, 0.1) is 5.56 Å². The van der Waals surface area contributed by atoms with E-state index in [0.29, 0.717) is 42.0 Å². The molecule has 0 saturated heterocycles. The van der Waals surface area contributed by atoms with Gasteiger partial charge in [0.2, 0.25) is 0 Å². The second-order valence-corrected chi connectivity index (χ2v) is 8.92. The fourth-order valence-electron chi connectivity index (χ4n) is 4.36. The molecule has 4 rings (SSSR count). The van der Waals surface area contributed by atoms with Crippen LogP contribution in [0.1, 0.15) is 46.5 Å². The average molecular weight is 476 g/mol. The van der Waals surface area contributed by atoms with Gasteiger partial charge in [0.1, 0.15) is 5.82 Å². The topological polar surface area (TPSA) is 69.6 Å². The monoisotopic (exact) mass is 475 g/mol. The summed E-state index contributed by atoms with van der Waals surface area (Å²) < 4.78 is 14.4. The molecule has 2 amide bonds. The van der Waals surface area contributed by atoms with Crippen molar-refractivity contribution in [3.8, 4) is 0 Å². The SMILES string of the molecule is CC(C)N1CCCN(C(=O)c2ccncc2)c2ccc(F)cc2CN(C(=O)c2cccnc2)CC1. The lowest BCUT2D eigenvalue weighted by Crippen LogP contribution is -2.41. The number of hydrogen-bond acceptors (Lipinski definition) is 5. The molecule has 1 aromatic carbocycles. The first kappa shape index (κ1) is 24.5. The Kier molecular flexibility index (Phi) is 7.82. The third kappa shape index (κ3) is 5.89. The van der Waals surface area contributed by atoms with Gasteiger partial charge in [-0.15, -0.1) is 0 Å². The number of aromatic nitrogens is 2. The lowest BCUT2D eigenvalue weighted by atomic mass is 10.1. The minimum Gasteiger partial charge on any atom is -0.333 e. The van der Waals surface area contributed by atoms with Crippen LogP contribution >= 0.6 is 0 Å². The van der Waals surface area contributed by atoms with Gasteiger partial charge in [-0.1, -0.05) is 0 Å². The highest BCUT2D eigenvalue weighted by Gasteiger charge is 2.26. The molecule has 0 spiro atoms. The molecule has 0 unspecified atom stereocenters. The van der Waals surface area contributed by atoms with Gasteiger partial charge in [0.15, 0.2) is 0 Å². The molecule has 0 bridgehead atoms. The first-order valence-electron chi connectivity index (χ1n) is 11.9. The van der Waals surface area contributed by atoms with Crippen LogP contribution in [0.2, 0.25) is 0 Å². The van der Waals surface area contributed by atoms with E-state index in [1.807, 2.05) is 0 Å². The van der Waals surface area contributed by atoms with Crippen molar-refractivity contribution in [1.29, 1.82) is 0 Å². The largest absolute Gasteiger partial charge is 0.333 e. The number of carbonyl (C=O) groups is 2. The summed E-state index contributed by atoms with van der Waals surface area (Å²) in [6.07, 6.45) is 7.07. The molecule has 0 radical (unpaired) electrons. The number of hydrogen-bond donors (Lipinski definition) is 0. The minimum atomic E-state index is -0.410. The van der Waals surface area contributed by atoms with Crippen LogP contribution in [0, 0.1) is 5.82 Å². The molecule has 35 heavy (non-hydrogen) atoms. The van der Waals surface area contributed by atoms with Gasteiger partial charge in [-0.3, -0.25) is 24.5 Å². The number of rotatable bonds is 3. The zero-order valence-corrected chi connectivity index (χ0v) is 20.1. The first-order chi connectivity index (χ1) is 16.9. The zero-order chi connectivity index (χ0) is 24.8. The first-order valence-corrected chi connectivity index (χ1v) is 11.9. The molecule has 0 fully saturated rings. The number of fused-ring (bicyclic) bond motifs is 1. The van der Waals surface area contributed by atoms with Crippen molar-refractivity contribution in [3.63, 3.8) is 0 Å². The molecule has 1 aliphatic rings. The highest BCUT2D eigenvalue weighted by molar-refractivity contribution is 6.06. The molecule has 0 aliphatic carbocycles. The molecule has 0 N–H and O–H groups in total. The van der Waals surface area contributed by atoms with Gasteiger partial charge in [-0.05, 0) is 68.3 Å². The van der Waals surface area contributed by atoms with E-state index in [2.05, 4.69) is 28.7 Å². The van der Waals surface area contributed by atoms with Gasteiger partial charge in [-0.25, -0.2) is 4.39 Å². The van der Waals surface area contributed by atoms with Gasteiger partial charge in [0, 0.05) is 74.8 Å². The Morgan fingerprint density at radius 2 is 1.69 bits per heavy atom. The maximum Gasteiger partial charge on any atom is 0.258 e. The fourth-order valence-corrected chi connectivity index (χ4v) is 4.36. The molecule has 0 atom stereocenters. The van der Waals surface area contributed by atoms with Crippen molar-refractivity contribution in [2.24, 2.45) is 0 Å².